The van der Waals surface area contributed by atoms with E-state index < -0.39 is 24.5 Å². The highest BCUT2D eigenvalue weighted by Gasteiger charge is 2.25. The average Bonchev–Trinajstić information content (AvgIpc) is 3.86. The van der Waals surface area contributed by atoms with Crippen LogP contribution < -0.4 is 0 Å². The Morgan fingerprint density at radius 2 is 1.11 bits per heavy atom. The van der Waals surface area contributed by atoms with Gasteiger partial charge >= 0.3 is 23.9 Å². The predicted molar refractivity (Wildman–Crippen MR) is 170 cm³/mol. The van der Waals surface area contributed by atoms with Gasteiger partial charge in [0.05, 0.1) is 26.1 Å². The van der Waals surface area contributed by atoms with Gasteiger partial charge in [-0.1, -0.05) is 32.8 Å². The summed E-state index contributed by atoms with van der Waals surface area (Å²) >= 11 is 0. The van der Waals surface area contributed by atoms with Gasteiger partial charge in [0.15, 0.2) is 0 Å². The van der Waals surface area contributed by atoms with Crippen molar-refractivity contribution in [3.8, 4) is 0 Å². The zero-order chi connectivity index (χ0) is 34.0. The van der Waals surface area contributed by atoms with Gasteiger partial charge < -0.3 is 38.6 Å². The minimum atomic E-state index is -0.819. The van der Waals surface area contributed by atoms with Crippen molar-refractivity contribution in [2.24, 2.45) is 11.8 Å². The minimum absolute atomic E-state index is 0.139. The molecule has 46 heavy (non-hydrogen) atoms. The lowest BCUT2D eigenvalue weighted by atomic mass is 10.1. The van der Waals surface area contributed by atoms with E-state index in [4.69, 9.17) is 38.6 Å². The van der Waals surface area contributed by atoms with Gasteiger partial charge in [0.25, 0.3) is 0 Å². The molecule has 2 saturated carbocycles. The zero-order valence-electron chi connectivity index (χ0n) is 28.2. The molecule has 266 valence electrons. The second-order valence-corrected chi connectivity index (χ2v) is 11.9. The molecular formula is C34H58O12. The fourth-order valence-electron chi connectivity index (χ4n) is 3.81. The molecule has 1 aliphatic heterocycles. The fourth-order valence-corrected chi connectivity index (χ4v) is 3.81. The van der Waals surface area contributed by atoms with E-state index in [0.717, 1.165) is 13.0 Å². The Labute approximate surface area is 274 Å². The Morgan fingerprint density at radius 1 is 0.696 bits per heavy atom. The van der Waals surface area contributed by atoms with E-state index >= 15 is 0 Å². The fraction of sp³-hybridized carbons (Fsp3) is 0.824. The number of carbonyl (C=O) groups is 4. The molecule has 3 unspecified atom stereocenters. The van der Waals surface area contributed by atoms with Crippen LogP contribution >= 0.6 is 0 Å². The molecule has 1 heterocycles. The van der Waals surface area contributed by atoms with Crippen molar-refractivity contribution in [1.82, 2.24) is 0 Å². The first-order valence-corrected chi connectivity index (χ1v) is 17.1. The Bertz CT molecular complexity index is 808. The number of carboxylic acids is 2. The van der Waals surface area contributed by atoms with Crippen molar-refractivity contribution in [2.75, 3.05) is 26.4 Å². The Kier molecular flexibility index (Phi) is 23.7. The first-order valence-electron chi connectivity index (χ1n) is 17.1. The highest BCUT2D eigenvalue weighted by Crippen LogP contribution is 2.30. The Balaban J connectivity index is 0.000000453. The van der Waals surface area contributed by atoms with Crippen LogP contribution in [0.25, 0.3) is 0 Å². The van der Waals surface area contributed by atoms with Crippen LogP contribution in [0, 0.1) is 11.8 Å². The van der Waals surface area contributed by atoms with Crippen molar-refractivity contribution in [2.45, 2.75) is 142 Å². The van der Waals surface area contributed by atoms with E-state index in [1.807, 2.05) is 26.8 Å². The smallest absolute Gasteiger partial charge is 0.308 e. The van der Waals surface area contributed by atoms with Crippen LogP contribution in [0.1, 0.15) is 124 Å². The van der Waals surface area contributed by atoms with Crippen molar-refractivity contribution in [1.29, 1.82) is 0 Å². The maximum absolute atomic E-state index is 11.9. The van der Waals surface area contributed by atoms with Crippen LogP contribution in [-0.2, 0) is 47.6 Å². The minimum Gasteiger partial charge on any atom is -0.499 e. The number of hydrogen-bond donors (Lipinski definition) is 2. The van der Waals surface area contributed by atoms with E-state index in [9.17, 15) is 19.2 Å². The first-order chi connectivity index (χ1) is 22.2. The number of unbranched alkanes of at least 4 members (excludes halogenated alkanes) is 4. The van der Waals surface area contributed by atoms with Gasteiger partial charge in [0.2, 0.25) is 12.6 Å². The standard InChI is InChI=1S/C21H36O6.C7H12O4.C6H10O2/c1-3-20(24-14-16-10-11-16)26-18(22)8-6-5-7-9-19(23)27-21(4-2)25-15-17-12-13-17;8-6(9)4-2-1-3-5-7(10)11;1-2-3-7-4-6-5-8-6/h16-17,20-21H,3-15H2,1-2H3;1-5H2,(H,8,9)(H,10,11);2-3,6H,4-5H2,1H3/b;;3-2-. The van der Waals surface area contributed by atoms with Gasteiger partial charge in [-0.3, -0.25) is 19.2 Å². The maximum Gasteiger partial charge on any atom is 0.308 e. The Hall–Kier alpha value is -2.70. The molecule has 2 aliphatic carbocycles. The molecule has 0 amide bonds. The molecule has 1 saturated heterocycles. The molecule has 0 aromatic carbocycles. The summed E-state index contributed by atoms with van der Waals surface area (Å²) in [7, 11) is 0. The first kappa shape index (κ1) is 41.3. The van der Waals surface area contributed by atoms with Gasteiger partial charge in [-0.05, 0) is 70.1 Å². The number of esters is 2. The van der Waals surface area contributed by atoms with Crippen LogP contribution in [-0.4, -0.2) is 79.2 Å². The summed E-state index contributed by atoms with van der Waals surface area (Å²) in [5.41, 5.74) is 0. The lowest BCUT2D eigenvalue weighted by molar-refractivity contribution is -0.180. The van der Waals surface area contributed by atoms with E-state index in [-0.39, 0.29) is 24.8 Å². The summed E-state index contributed by atoms with van der Waals surface area (Å²) in [6.45, 7) is 8.80. The number of rotatable bonds is 25. The second kappa shape index (κ2) is 26.4. The number of hydrogen-bond acceptors (Lipinski definition) is 10. The molecule has 0 radical (unpaired) electrons. The van der Waals surface area contributed by atoms with Crippen LogP contribution in [0.2, 0.25) is 0 Å². The normalized spacial score (nSPS) is 17.8. The summed E-state index contributed by atoms with van der Waals surface area (Å²) in [4.78, 5) is 43.7. The zero-order valence-corrected chi connectivity index (χ0v) is 28.2. The molecule has 0 aromatic heterocycles. The molecule has 3 atom stereocenters. The number of allylic oxidation sites excluding steroid dienone is 1. The van der Waals surface area contributed by atoms with Gasteiger partial charge in [0.1, 0.15) is 12.7 Å². The molecule has 0 bridgehead atoms. The van der Waals surface area contributed by atoms with Crippen molar-refractivity contribution in [3.63, 3.8) is 0 Å². The molecule has 0 spiro atoms. The molecule has 3 aliphatic rings. The predicted octanol–water partition coefficient (Wildman–Crippen LogP) is 6.39. The lowest BCUT2D eigenvalue weighted by Crippen LogP contribution is -2.22. The Morgan fingerprint density at radius 3 is 1.43 bits per heavy atom. The molecule has 2 N–H and O–H groups in total. The van der Waals surface area contributed by atoms with Crippen molar-refractivity contribution >= 4 is 23.9 Å². The third-order valence-electron chi connectivity index (χ3n) is 7.08. The number of carbonyl (C=O) groups excluding carboxylic acids is 2. The third kappa shape index (κ3) is 27.6. The summed E-state index contributed by atoms with van der Waals surface area (Å²) in [5, 5.41) is 16.4. The number of carboxylic acid groups (broad SMARTS) is 2. The van der Waals surface area contributed by atoms with Gasteiger partial charge in [-0.15, -0.1) is 0 Å². The SMILES string of the molecule is C/C=C\OCC1CO1.CCC(OCC1CC1)OC(=O)CCCCCC(=O)OC(CC)OCC1CC1.O=C(O)CCCCCC(=O)O. The van der Waals surface area contributed by atoms with Crippen molar-refractivity contribution < 1.29 is 57.8 Å². The van der Waals surface area contributed by atoms with E-state index in [2.05, 4.69) is 0 Å². The number of aliphatic carboxylic acids is 2. The highest BCUT2D eigenvalue weighted by atomic mass is 16.7. The molecule has 0 aromatic rings. The summed E-state index contributed by atoms with van der Waals surface area (Å²) < 4.78 is 31.8. The topological polar surface area (TPSA) is 167 Å². The van der Waals surface area contributed by atoms with Gasteiger partial charge in [0, 0.05) is 38.5 Å². The maximum atomic E-state index is 11.9. The largest absolute Gasteiger partial charge is 0.499 e. The molecule has 12 heteroatoms. The van der Waals surface area contributed by atoms with Crippen LogP contribution in [0.5, 0.6) is 0 Å². The monoisotopic (exact) mass is 658 g/mol. The number of ether oxygens (including phenoxy) is 6. The lowest BCUT2D eigenvalue weighted by Gasteiger charge is -2.17. The van der Waals surface area contributed by atoms with Crippen LogP contribution in [0.15, 0.2) is 12.3 Å². The second-order valence-electron chi connectivity index (χ2n) is 11.9. The molecule has 12 nitrogen and oxygen atoms in total. The number of epoxide rings is 1. The summed E-state index contributed by atoms with van der Waals surface area (Å²) in [5.74, 6) is -0.770. The summed E-state index contributed by atoms with van der Waals surface area (Å²) in [6, 6.07) is 0. The third-order valence-corrected chi connectivity index (χ3v) is 7.08. The highest BCUT2D eigenvalue weighted by molar-refractivity contribution is 5.70. The van der Waals surface area contributed by atoms with E-state index in [1.165, 1.54) is 25.7 Å². The van der Waals surface area contributed by atoms with E-state index in [1.54, 1.807) is 6.26 Å². The van der Waals surface area contributed by atoms with Gasteiger partial charge in [-0.2, -0.15) is 0 Å². The quantitative estimate of drug-likeness (QED) is 0.0365. The summed E-state index contributed by atoms with van der Waals surface area (Å²) in [6.07, 6.45) is 14.3. The molecule has 3 fully saturated rings. The average molecular weight is 659 g/mol. The van der Waals surface area contributed by atoms with E-state index in [0.29, 0.717) is 95.5 Å². The molecule has 3 rings (SSSR count). The molecular weight excluding hydrogens is 600 g/mol. The van der Waals surface area contributed by atoms with Gasteiger partial charge in [-0.25, -0.2) is 0 Å². The van der Waals surface area contributed by atoms with Crippen molar-refractivity contribution in [3.05, 3.63) is 12.3 Å². The van der Waals surface area contributed by atoms with Crippen LogP contribution in [0.3, 0.4) is 0 Å². The van der Waals surface area contributed by atoms with Crippen LogP contribution in [0.4, 0.5) is 0 Å².